The summed E-state index contributed by atoms with van der Waals surface area (Å²) in [5.41, 5.74) is 4.74. The molecule has 3 aromatic rings. The van der Waals surface area contributed by atoms with Crippen LogP contribution in [0.15, 0.2) is 60.8 Å². The van der Waals surface area contributed by atoms with E-state index in [1.54, 1.807) is 0 Å². The number of aryl methyl sites for hydroxylation is 1. The van der Waals surface area contributed by atoms with Crippen LogP contribution in [0.2, 0.25) is 0 Å². The van der Waals surface area contributed by atoms with E-state index in [2.05, 4.69) is 53.6 Å². The van der Waals surface area contributed by atoms with Gasteiger partial charge in [0.2, 0.25) is 0 Å². The van der Waals surface area contributed by atoms with Crippen molar-refractivity contribution in [3.8, 4) is 0 Å². The van der Waals surface area contributed by atoms with Crippen LogP contribution in [0, 0.1) is 6.92 Å². The molecule has 0 amide bonds. The molecule has 2 aromatic carbocycles. The number of nitrogens with zero attached hydrogens (tertiary/aromatic N) is 1. The predicted octanol–water partition coefficient (Wildman–Crippen LogP) is 4.16. The van der Waals surface area contributed by atoms with Crippen molar-refractivity contribution in [3.63, 3.8) is 0 Å². The highest BCUT2D eigenvalue weighted by molar-refractivity contribution is 5.91. The number of aromatic nitrogens is 1. The van der Waals surface area contributed by atoms with Gasteiger partial charge in [0, 0.05) is 23.8 Å². The summed E-state index contributed by atoms with van der Waals surface area (Å²) in [6, 6.07) is 18.8. The molecule has 0 saturated heterocycles. The van der Waals surface area contributed by atoms with E-state index in [1.807, 2.05) is 24.4 Å². The van der Waals surface area contributed by atoms with Gasteiger partial charge in [-0.1, -0.05) is 35.9 Å². The number of fused-ring (bicyclic) bond motifs is 1. The van der Waals surface area contributed by atoms with Gasteiger partial charge in [0.05, 0.1) is 5.52 Å². The fourth-order valence-electron chi connectivity index (χ4n) is 2.28. The minimum atomic E-state index is 0.829. The second kappa shape index (κ2) is 5.11. The van der Waals surface area contributed by atoms with Gasteiger partial charge in [-0.2, -0.15) is 0 Å². The zero-order valence-corrected chi connectivity index (χ0v) is 10.9. The Balaban J connectivity index is 1.86. The van der Waals surface area contributed by atoms with E-state index in [0.717, 1.165) is 23.1 Å². The van der Waals surface area contributed by atoms with Crippen molar-refractivity contribution >= 4 is 16.6 Å². The molecule has 1 N–H and O–H groups in total. The molecule has 1 heterocycles. The lowest BCUT2D eigenvalue weighted by Gasteiger charge is -2.09. The number of benzene rings is 2. The number of hydrogen-bond acceptors (Lipinski definition) is 2. The van der Waals surface area contributed by atoms with Crippen LogP contribution in [0.1, 0.15) is 11.1 Å². The molecule has 0 aliphatic carbocycles. The van der Waals surface area contributed by atoms with Gasteiger partial charge in [-0.15, -0.1) is 0 Å². The number of rotatable bonds is 3. The molecule has 0 radical (unpaired) electrons. The van der Waals surface area contributed by atoms with E-state index in [9.17, 15) is 0 Å². The maximum Gasteiger partial charge on any atom is 0.0722 e. The fraction of sp³-hybridized carbons (Fsp3) is 0.118. The van der Waals surface area contributed by atoms with E-state index in [0.29, 0.717) is 0 Å². The van der Waals surface area contributed by atoms with Crippen LogP contribution in [0.25, 0.3) is 10.9 Å². The Bertz CT molecular complexity index is 699. The molecule has 0 aliphatic heterocycles. The van der Waals surface area contributed by atoms with Gasteiger partial charge in [0.15, 0.2) is 0 Å². The maximum atomic E-state index is 4.37. The van der Waals surface area contributed by atoms with Gasteiger partial charge in [-0.3, -0.25) is 4.98 Å². The van der Waals surface area contributed by atoms with Crippen molar-refractivity contribution in [1.29, 1.82) is 0 Å². The highest BCUT2D eigenvalue weighted by atomic mass is 14.9. The first-order chi connectivity index (χ1) is 9.33. The summed E-state index contributed by atoms with van der Waals surface area (Å²) in [4.78, 5) is 4.37. The molecule has 0 atom stereocenters. The van der Waals surface area contributed by atoms with E-state index >= 15 is 0 Å². The molecule has 19 heavy (non-hydrogen) atoms. The first-order valence-corrected chi connectivity index (χ1v) is 6.46. The first kappa shape index (κ1) is 11.7. The van der Waals surface area contributed by atoms with E-state index in [1.165, 1.54) is 11.1 Å². The molecule has 2 heteroatoms. The molecule has 3 rings (SSSR count). The largest absolute Gasteiger partial charge is 0.380 e. The lowest BCUT2D eigenvalue weighted by Crippen LogP contribution is -2.00. The summed E-state index contributed by atoms with van der Waals surface area (Å²) >= 11 is 0. The summed E-state index contributed by atoms with van der Waals surface area (Å²) in [5.74, 6) is 0. The highest BCUT2D eigenvalue weighted by Gasteiger charge is 2.00. The minimum absolute atomic E-state index is 0.829. The van der Waals surface area contributed by atoms with Crippen LogP contribution < -0.4 is 5.32 Å². The molecule has 0 spiro atoms. The Hall–Kier alpha value is -2.35. The van der Waals surface area contributed by atoms with Crippen LogP contribution >= 0.6 is 0 Å². The smallest absolute Gasteiger partial charge is 0.0722 e. The van der Waals surface area contributed by atoms with Crippen molar-refractivity contribution < 1.29 is 0 Å². The standard InChI is InChI=1S/C17H16N2/c1-13-5-2-6-14(11-13)12-19-17-9-3-8-16-15(17)7-4-10-18-16/h2-11,19H,12H2,1H3. The second-order valence-corrected chi connectivity index (χ2v) is 4.72. The van der Waals surface area contributed by atoms with Crippen molar-refractivity contribution in [3.05, 3.63) is 71.9 Å². The normalized spacial score (nSPS) is 10.6. The van der Waals surface area contributed by atoms with Crippen molar-refractivity contribution in [2.75, 3.05) is 5.32 Å². The van der Waals surface area contributed by atoms with Gasteiger partial charge in [-0.25, -0.2) is 0 Å². The first-order valence-electron chi connectivity index (χ1n) is 6.46. The maximum absolute atomic E-state index is 4.37. The number of hydrogen-bond donors (Lipinski definition) is 1. The summed E-state index contributed by atoms with van der Waals surface area (Å²) in [5, 5.41) is 4.66. The lowest BCUT2D eigenvalue weighted by molar-refractivity contribution is 1.14. The predicted molar refractivity (Wildman–Crippen MR) is 80.2 cm³/mol. The summed E-state index contributed by atoms with van der Waals surface area (Å²) < 4.78 is 0. The molecule has 0 bridgehead atoms. The average Bonchev–Trinajstić information content (AvgIpc) is 2.45. The molecule has 2 nitrogen and oxygen atoms in total. The van der Waals surface area contributed by atoms with Crippen LogP contribution in [0.3, 0.4) is 0 Å². The third-order valence-electron chi connectivity index (χ3n) is 3.21. The zero-order chi connectivity index (χ0) is 13.1. The second-order valence-electron chi connectivity index (χ2n) is 4.72. The quantitative estimate of drug-likeness (QED) is 0.753. The van der Waals surface area contributed by atoms with Crippen LogP contribution in [-0.2, 0) is 6.54 Å². The van der Waals surface area contributed by atoms with Gasteiger partial charge in [-0.05, 0) is 36.8 Å². The monoisotopic (exact) mass is 248 g/mol. The Morgan fingerprint density at radius 2 is 1.89 bits per heavy atom. The molecular weight excluding hydrogens is 232 g/mol. The molecule has 0 unspecified atom stereocenters. The summed E-state index contributed by atoms with van der Waals surface area (Å²) in [6.07, 6.45) is 1.83. The average molecular weight is 248 g/mol. The van der Waals surface area contributed by atoms with Gasteiger partial charge in [0.25, 0.3) is 0 Å². The SMILES string of the molecule is Cc1cccc(CNc2cccc3ncccc23)c1. The van der Waals surface area contributed by atoms with E-state index < -0.39 is 0 Å². The molecule has 0 fully saturated rings. The molecule has 1 aromatic heterocycles. The third-order valence-corrected chi connectivity index (χ3v) is 3.21. The number of nitrogens with one attached hydrogen (secondary N) is 1. The lowest BCUT2D eigenvalue weighted by atomic mass is 10.1. The topological polar surface area (TPSA) is 24.9 Å². The van der Waals surface area contributed by atoms with E-state index in [4.69, 9.17) is 0 Å². The molecule has 0 saturated carbocycles. The highest BCUT2D eigenvalue weighted by Crippen LogP contribution is 2.21. The third kappa shape index (κ3) is 2.58. The minimum Gasteiger partial charge on any atom is -0.380 e. The summed E-state index contributed by atoms with van der Waals surface area (Å²) in [6.45, 7) is 2.95. The van der Waals surface area contributed by atoms with Crippen LogP contribution in [-0.4, -0.2) is 4.98 Å². The fourth-order valence-corrected chi connectivity index (χ4v) is 2.28. The molecule has 94 valence electrons. The molecule has 0 aliphatic rings. The number of anilines is 1. The van der Waals surface area contributed by atoms with E-state index in [-0.39, 0.29) is 0 Å². The Kier molecular flexibility index (Phi) is 3.15. The Labute approximate surface area is 113 Å². The van der Waals surface area contributed by atoms with Crippen LogP contribution in [0.4, 0.5) is 5.69 Å². The van der Waals surface area contributed by atoms with Crippen molar-refractivity contribution in [1.82, 2.24) is 4.98 Å². The van der Waals surface area contributed by atoms with Crippen molar-refractivity contribution in [2.45, 2.75) is 13.5 Å². The Morgan fingerprint density at radius 1 is 1.00 bits per heavy atom. The van der Waals surface area contributed by atoms with Gasteiger partial charge in [0.1, 0.15) is 0 Å². The number of pyridine rings is 1. The van der Waals surface area contributed by atoms with Gasteiger partial charge >= 0.3 is 0 Å². The van der Waals surface area contributed by atoms with Crippen LogP contribution in [0.5, 0.6) is 0 Å². The van der Waals surface area contributed by atoms with Crippen molar-refractivity contribution in [2.24, 2.45) is 0 Å². The zero-order valence-electron chi connectivity index (χ0n) is 10.9. The Morgan fingerprint density at radius 3 is 2.79 bits per heavy atom. The van der Waals surface area contributed by atoms with Gasteiger partial charge < -0.3 is 5.32 Å². The molecular formula is C17H16N2. The summed E-state index contributed by atoms with van der Waals surface area (Å²) in [7, 11) is 0.